The maximum atomic E-state index is 4.60. The van der Waals surface area contributed by atoms with Crippen LogP contribution in [0.3, 0.4) is 0 Å². The van der Waals surface area contributed by atoms with Crippen molar-refractivity contribution in [2.75, 3.05) is 12.3 Å². The van der Waals surface area contributed by atoms with Crippen molar-refractivity contribution in [2.45, 2.75) is 44.9 Å². The molecule has 1 saturated heterocycles. The average molecular weight is 256 g/mol. The second-order valence-electron chi connectivity index (χ2n) is 4.44. The molecular formula is C12H20N2S2. The van der Waals surface area contributed by atoms with Crippen LogP contribution in [0.5, 0.6) is 0 Å². The van der Waals surface area contributed by atoms with Crippen LogP contribution in [-0.4, -0.2) is 22.5 Å². The SMILES string of the molecule is Cc1nc(C(C)NCC2CCCS2)c(C)s1. The first-order valence-corrected chi connectivity index (χ1v) is 7.82. The van der Waals surface area contributed by atoms with Crippen molar-refractivity contribution >= 4 is 23.1 Å². The third-order valence-corrected chi connectivity index (χ3v) is 5.33. The second-order valence-corrected chi connectivity index (χ2v) is 7.25. The molecule has 0 amide bonds. The summed E-state index contributed by atoms with van der Waals surface area (Å²) in [6.07, 6.45) is 2.76. The fraction of sp³-hybridized carbons (Fsp3) is 0.750. The van der Waals surface area contributed by atoms with Crippen LogP contribution < -0.4 is 5.32 Å². The lowest BCUT2D eigenvalue weighted by Gasteiger charge is -2.15. The van der Waals surface area contributed by atoms with Gasteiger partial charge >= 0.3 is 0 Å². The Morgan fingerprint density at radius 2 is 2.31 bits per heavy atom. The van der Waals surface area contributed by atoms with Gasteiger partial charge in [0.05, 0.1) is 10.7 Å². The van der Waals surface area contributed by atoms with Crippen LogP contribution in [0.15, 0.2) is 0 Å². The van der Waals surface area contributed by atoms with Crippen LogP contribution in [0.1, 0.15) is 41.4 Å². The van der Waals surface area contributed by atoms with Crippen LogP contribution in [0, 0.1) is 13.8 Å². The first-order chi connectivity index (χ1) is 7.66. The Morgan fingerprint density at radius 1 is 1.50 bits per heavy atom. The topological polar surface area (TPSA) is 24.9 Å². The van der Waals surface area contributed by atoms with Crippen LogP contribution >= 0.6 is 23.1 Å². The Labute approximate surface area is 106 Å². The van der Waals surface area contributed by atoms with Gasteiger partial charge in [-0.05, 0) is 39.4 Å². The number of hydrogen-bond acceptors (Lipinski definition) is 4. The first-order valence-electron chi connectivity index (χ1n) is 5.95. The molecule has 1 fully saturated rings. The largest absolute Gasteiger partial charge is 0.308 e. The average Bonchev–Trinajstić information content (AvgIpc) is 2.84. The number of rotatable bonds is 4. The van der Waals surface area contributed by atoms with Crippen LogP contribution in [0.25, 0.3) is 0 Å². The molecule has 2 rings (SSSR count). The van der Waals surface area contributed by atoms with Crippen molar-refractivity contribution in [3.8, 4) is 0 Å². The lowest BCUT2D eigenvalue weighted by atomic mass is 10.2. The highest BCUT2D eigenvalue weighted by Gasteiger charge is 2.18. The minimum Gasteiger partial charge on any atom is -0.308 e. The summed E-state index contributed by atoms with van der Waals surface area (Å²) in [6.45, 7) is 7.60. The maximum absolute atomic E-state index is 4.60. The third kappa shape index (κ3) is 2.99. The second kappa shape index (κ2) is 5.52. The molecule has 1 aliphatic rings. The number of aromatic nitrogens is 1. The summed E-state index contributed by atoms with van der Waals surface area (Å²) in [5.41, 5.74) is 1.24. The van der Waals surface area contributed by atoms with Crippen molar-refractivity contribution in [1.29, 1.82) is 0 Å². The number of aryl methyl sites for hydroxylation is 2. The quantitative estimate of drug-likeness (QED) is 0.894. The monoisotopic (exact) mass is 256 g/mol. The zero-order chi connectivity index (χ0) is 11.5. The van der Waals surface area contributed by atoms with Crippen molar-refractivity contribution in [3.05, 3.63) is 15.6 Å². The number of nitrogens with one attached hydrogen (secondary N) is 1. The predicted octanol–water partition coefficient (Wildman–Crippen LogP) is 3.31. The Bertz CT molecular complexity index is 343. The van der Waals surface area contributed by atoms with E-state index >= 15 is 0 Å². The molecule has 16 heavy (non-hydrogen) atoms. The van der Waals surface area contributed by atoms with Gasteiger partial charge in [0.25, 0.3) is 0 Å². The van der Waals surface area contributed by atoms with Gasteiger partial charge in [-0.25, -0.2) is 4.98 Å². The highest BCUT2D eigenvalue weighted by molar-refractivity contribution is 8.00. The summed E-state index contributed by atoms with van der Waals surface area (Å²) in [7, 11) is 0. The van der Waals surface area contributed by atoms with Crippen molar-refractivity contribution in [3.63, 3.8) is 0 Å². The fourth-order valence-electron chi connectivity index (χ4n) is 2.16. The Hall–Kier alpha value is -0.0600. The summed E-state index contributed by atoms with van der Waals surface area (Å²) in [6, 6.07) is 0.395. The molecule has 4 heteroatoms. The molecular weight excluding hydrogens is 236 g/mol. The summed E-state index contributed by atoms with van der Waals surface area (Å²) in [5.74, 6) is 1.34. The van der Waals surface area contributed by atoms with E-state index in [0.717, 1.165) is 11.8 Å². The van der Waals surface area contributed by atoms with E-state index in [1.54, 1.807) is 11.3 Å². The fourth-order valence-corrected chi connectivity index (χ4v) is 4.29. The van der Waals surface area contributed by atoms with Gasteiger partial charge in [-0.15, -0.1) is 11.3 Å². The van der Waals surface area contributed by atoms with Gasteiger partial charge in [0.1, 0.15) is 0 Å². The van der Waals surface area contributed by atoms with Crippen molar-refractivity contribution in [2.24, 2.45) is 0 Å². The van der Waals surface area contributed by atoms with Gasteiger partial charge in [-0.3, -0.25) is 0 Å². The smallest absolute Gasteiger partial charge is 0.0900 e. The number of hydrogen-bond donors (Lipinski definition) is 1. The molecule has 2 unspecified atom stereocenters. The molecule has 1 N–H and O–H groups in total. The molecule has 0 radical (unpaired) electrons. The molecule has 1 aromatic rings. The maximum Gasteiger partial charge on any atom is 0.0900 e. The Morgan fingerprint density at radius 3 is 2.88 bits per heavy atom. The van der Waals surface area contributed by atoms with Crippen LogP contribution in [-0.2, 0) is 0 Å². The standard InChI is InChI=1S/C12H20N2S2/c1-8(12-9(2)16-10(3)14-12)13-7-11-5-4-6-15-11/h8,11,13H,4-7H2,1-3H3. The van der Waals surface area contributed by atoms with Gasteiger partial charge in [-0.2, -0.15) is 11.8 Å². The third-order valence-electron chi connectivity index (χ3n) is 3.03. The van der Waals surface area contributed by atoms with Gasteiger partial charge < -0.3 is 5.32 Å². The number of thioether (sulfide) groups is 1. The van der Waals surface area contributed by atoms with Crippen molar-refractivity contribution in [1.82, 2.24) is 10.3 Å². The number of thiazole rings is 1. The lowest BCUT2D eigenvalue weighted by Crippen LogP contribution is -2.26. The molecule has 2 heterocycles. The zero-order valence-corrected chi connectivity index (χ0v) is 11.9. The van der Waals surface area contributed by atoms with Crippen LogP contribution in [0.4, 0.5) is 0 Å². The first kappa shape index (κ1) is 12.4. The summed E-state index contributed by atoms with van der Waals surface area (Å²) < 4.78 is 0. The van der Waals surface area contributed by atoms with E-state index in [2.05, 4.69) is 42.8 Å². The van der Waals surface area contributed by atoms with Crippen molar-refractivity contribution < 1.29 is 0 Å². The highest BCUT2D eigenvalue weighted by Crippen LogP contribution is 2.27. The molecule has 1 aliphatic heterocycles. The Kier molecular flexibility index (Phi) is 4.27. The molecule has 0 spiro atoms. The van der Waals surface area contributed by atoms with Gasteiger partial charge in [0.2, 0.25) is 0 Å². The molecule has 0 aliphatic carbocycles. The predicted molar refractivity (Wildman–Crippen MR) is 73.5 cm³/mol. The summed E-state index contributed by atoms with van der Waals surface area (Å²) in [5, 5.41) is 5.62. The van der Waals surface area contributed by atoms with E-state index in [1.165, 1.54) is 34.2 Å². The summed E-state index contributed by atoms with van der Waals surface area (Å²) >= 11 is 3.91. The molecule has 0 aromatic carbocycles. The van der Waals surface area contributed by atoms with E-state index in [-0.39, 0.29) is 0 Å². The van der Waals surface area contributed by atoms with E-state index in [4.69, 9.17) is 0 Å². The van der Waals surface area contributed by atoms with Gasteiger partial charge in [0, 0.05) is 22.7 Å². The van der Waals surface area contributed by atoms with E-state index < -0.39 is 0 Å². The molecule has 0 saturated carbocycles. The highest BCUT2D eigenvalue weighted by atomic mass is 32.2. The van der Waals surface area contributed by atoms with Gasteiger partial charge in [-0.1, -0.05) is 0 Å². The minimum atomic E-state index is 0.395. The number of nitrogens with zero attached hydrogens (tertiary/aromatic N) is 1. The molecule has 0 bridgehead atoms. The van der Waals surface area contributed by atoms with Crippen LogP contribution in [0.2, 0.25) is 0 Å². The summed E-state index contributed by atoms with van der Waals surface area (Å²) in [4.78, 5) is 5.96. The molecule has 2 nitrogen and oxygen atoms in total. The zero-order valence-electron chi connectivity index (χ0n) is 10.2. The van der Waals surface area contributed by atoms with E-state index in [9.17, 15) is 0 Å². The molecule has 1 aromatic heterocycles. The van der Waals surface area contributed by atoms with E-state index in [1.807, 2.05) is 0 Å². The van der Waals surface area contributed by atoms with E-state index in [0.29, 0.717) is 6.04 Å². The molecule has 90 valence electrons. The molecule has 2 atom stereocenters. The Balaban J connectivity index is 1.87. The normalized spacial score (nSPS) is 22.6. The van der Waals surface area contributed by atoms with Gasteiger partial charge in [0.15, 0.2) is 0 Å². The lowest BCUT2D eigenvalue weighted by molar-refractivity contribution is 0.548. The minimum absolute atomic E-state index is 0.395.